The minimum absolute atomic E-state index is 0.0261. The standard InChI is InChI=1S/C12H13N3O3S/c1-3-9-4-5-11(19-9)10(16)7-14-6-8(2)12(13-14)15(17)18/h4-6H,3,7H2,1-2H3. The highest BCUT2D eigenvalue weighted by atomic mass is 32.1. The summed E-state index contributed by atoms with van der Waals surface area (Å²) in [6.45, 7) is 3.66. The third-order valence-electron chi connectivity index (χ3n) is 2.68. The molecule has 0 bridgehead atoms. The maximum absolute atomic E-state index is 12.0. The maximum atomic E-state index is 12.0. The molecule has 0 spiro atoms. The van der Waals surface area contributed by atoms with Crippen LogP contribution in [0.5, 0.6) is 0 Å². The zero-order chi connectivity index (χ0) is 14.0. The van der Waals surface area contributed by atoms with Crippen molar-refractivity contribution >= 4 is 22.9 Å². The second-order valence-electron chi connectivity index (χ2n) is 4.13. The van der Waals surface area contributed by atoms with Crippen LogP contribution in [0.4, 0.5) is 5.82 Å². The Morgan fingerprint density at radius 2 is 2.26 bits per heavy atom. The van der Waals surface area contributed by atoms with E-state index in [0.29, 0.717) is 10.4 Å². The fraction of sp³-hybridized carbons (Fsp3) is 0.333. The van der Waals surface area contributed by atoms with Gasteiger partial charge in [-0.2, -0.15) is 4.68 Å². The molecule has 2 aromatic heterocycles. The molecule has 0 aromatic carbocycles. The number of Topliss-reactive ketones (excluding diaryl/α,β-unsaturated/α-hetero) is 1. The number of ketones is 1. The summed E-state index contributed by atoms with van der Waals surface area (Å²) >= 11 is 1.45. The molecule has 0 aliphatic carbocycles. The van der Waals surface area contributed by atoms with Crippen molar-refractivity contribution < 1.29 is 9.72 Å². The molecule has 0 saturated carbocycles. The summed E-state index contributed by atoms with van der Waals surface area (Å²) in [6, 6.07) is 3.71. The number of carbonyl (C=O) groups excluding carboxylic acids is 1. The lowest BCUT2D eigenvalue weighted by atomic mass is 10.3. The van der Waals surface area contributed by atoms with Crippen molar-refractivity contribution in [2.24, 2.45) is 0 Å². The summed E-state index contributed by atoms with van der Waals surface area (Å²) in [5, 5.41) is 14.5. The number of carbonyl (C=O) groups is 1. The molecule has 2 aromatic rings. The van der Waals surface area contributed by atoms with Crippen LogP contribution in [0.3, 0.4) is 0 Å². The Morgan fingerprint density at radius 1 is 1.53 bits per heavy atom. The fourth-order valence-corrected chi connectivity index (χ4v) is 2.59. The van der Waals surface area contributed by atoms with Gasteiger partial charge < -0.3 is 10.1 Å². The van der Waals surface area contributed by atoms with Crippen LogP contribution in [-0.4, -0.2) is 20.5 Å². The molecule has 6 nitrogen and oxygen atoms in total. The Morgan fingerprint density at radius 3 is 2.79 bits per heavy atom. The van der Waals surface area contributed by atoms with Gasteiger partial charge in [0.1, 0.15) is 6.54 Å². The number of nitro groups is 1. The van der Waals surface area contributed by atoms with Crippen LogP contribution >= 0.6 is 11.3 Å². The molecule has 0 atom stereocenters. The van der Waals surface area contributed by atoms with Crippen LogP contribution in [0.15, 0.2) is 18.3 Å². The number of rotatable bonds is 5. The number of aromatic nitrogens is 2. The van der Waals surface area contributed by atoms with E-state index in [9.17, 15) is 14.9 Å². The highest BCUT2D eigenvalue weighted by Gasteiger charge is 2.19. The maximum Gasteiger partial charge on any atom is 0.392 e. The highest BCUT2D eigenvalue weighted by Crippen LogP contribution is 2.19. The van der Waals surface area contributed by atoms with Crippen LogP contribution in [0.2, 0.25) is 0 Å². The van der Waals surface area contributed by atoms with Gasteiger partial charge in [0.2, 0.25) is 0 Å². The molecule has 7 heteroatoms. The van der Waals surface area contributed by atoms with Crippen LogP contribution in [-0.2, 0) is 13.0 Å². The topological polar surface area (TPSA) is 78.0 Å². The molecular formula is C12H13N3O3S. The van der Waals surface area contributed by atoms with E-state index >= 15 is 0 Å². The van der Waals surface area contributed by atoms with Gasteiger partial charge in [0.25, 0.3) is 0 Å². The second-order valence-corrected chi connectivity index (χ2v) is 5.30. The highest BCUT2D eigenvalue weighted by molar-refractivity contribution is 7.14. The van der Waals surface area contributed by atoms with Crippen LogP contribution in [0, 0.1) is 17.0 Å². The molecule has 0 aliphatic heterocycles. The van der Waals surface area contributed by atoms with Crippen molar-refractivity contribution in [3.8, 4) is 0 Å². The zero-order valence-corrected chi connectivity index (χ0v) is 11.4. The van der Waals surface area contributed by atoms with Gasteiger partial charge in [0.15, 0.2) is 5.78 Å². The van der Waals surface area contributed by atoms with Crippen molar-refractivity contribution in [1.29, 1.82) is 0 Å². The van der Waals surface area contributed by atoms with Crippen molar-refractivity contribution in [3.63, 3.8) is 0 Å². The number of thiophene rings is 1. The fourth-order valence-electron chi connectivity index (χ4n) is 1.72. The zero-order valence-electron chi connectivity index (χ0n) is 10.6. The minimum atomic E-state index is -0.545. The minimum Gasteiger partial charge on any atom is -0.358 e. The molecule has 0 N–H and O–H groups in total. The van der Waals surface area contributed by atoms with E-state index in [1.54, 1.807) is 13.0 Å². The van der Waals surface area contributed by atoms with Gasteiger partial charge in [0, 0.05) is 4.88 Å². The molecule has 0 aliphatic rings. The lowest BCUT2D eigenvalue weighted by molar-refractivity contribution is -0.390. The number of hydrogen-bond donors (Lipinski definition) is 0. The molecule has 0 unspecified atom stereocenters. The first-order valence-corrected chi connectivity index (χ1v) is 6.63. The van der Waals surface area contributed by atoms with Gasteiger partial charge in [-0.05, 0) is 30.4 Å². The number of nitrogens with zero attached hydrogens (tertiary/aromatic N) is 3. The van der Waals surface area contributed by atoms with E-state index in [2.05, 4.69) is 5.10 Å². The summed E-state index contributed by atoms with van der Waals surface area (Å²) in [7, 11) is 0. The molecule has 0 amide bonds. The monoisotopic (exact) mass is 279 g/mol. The van der Waals surface area contributed by atoms with Crippen molar-refractivity contribution in [2.75, 3.05) is 0 Å². The van der Waals surface area contributed by atoms with E-state index in [4.69, 9.17) is 0 Å². The lowest BCUT2D eigenvalue weighted by Crippen LogP contribution is -2.09. The van der Waals surface area contributed by atoms with E-state index in [1.165, 1.54) is 22.2 Å². The summed E-state index contributed by atoms with van der Waals surface area (Å²) in [5.41, 5.74) is 0.457. The van der Waals surface area contributed by atoms with E-state index in [1.807, 2.05) is 13.0 Å². The average Bonchev–Trinajstić information content (AvgIpc) is 2.95. The first kappa shape index (κ1) is 13.4. The molecule has 2 heterocycles. The lowest BCUT2D eigenvalue weighted by Gasteiger charge is -1.94. The average molecular weight is 279 g/mol. The van der Waals surface area contributed by atoms with Crippen LogP contribution < -0.4 is 0 Å². The van der Waals surface area contributed by atoms with Crippen molar-refractivity contribution in [3.05, 3.63) is 43.8 Å². The third-order valence-corrected chi connectivity index (χ3v) is 3.95. The molecular weight excluding hydrogens is 266 g/mol. The third kappa shape index (κ3) is 2.87. The largest absolute Gasteiger partial charge is 0.392 e. The molecule has 0 radical (unpaired) electrons. The molecule has 2 rings (SSSR count). The molecule has 100 valence electrons. The van der Waals surface area contributed by atoms with Crippen molar-refractivity contribution in [2.45, 2.75) is 26.8 Å². The predicted octanol–water partition coefficient (Wildman–Crippen LogP) is 2.61. The van der Waals surface area contributed by atoms with E-state index < -0.39 is 4.92 Å². The molecule has 19 heavy (non-hydrogen) atoms. The summed E-state index contributed by atoms with van der Waals surface area (Å²) in [4.78, 5) is 24.0. The summed E-state index contributed by atoms with van der Waals surface area (Å²) < 4.78 is 1.32. The van der Waals surface area contributed by atoms with Crippen LogP contribution in [0.1, 0.15) is 27.0 Å². The van der Waals surface area contributed by atoms with Gasteiger partial charge in [-0.1, -0.05) is 6.92 Å². The van der Waals surface area contributed by atoms with Gasteiger partial charge in [0.05, 0.1) is 21.7 Å². The predicted molar refractivity (Wildman–Crippen MR) is 71.6 cm³/mol. The Balaban J connectivity index is 2.14. The Kier molecular flexibility index (Phi) is 3.75. The van der Waals surface area contributed by atoms with Gasteiger partial charge >= 0.3 is 5.82 Å². The first-order valence-electron chi connectivity index (χ1n) is 5.81. The smallest absolute Gasteiger partial charge is 0.358 e. The Hall–Kier alpha value is -2.02. The van der Waals surface area contributed by atoms with Gasteiger partial charge in [-0.15, -0.1) is 11.3 Å². The SMILES string of the molecule is CCc1ccc(C(=O)Cn2cc(C)c([N+](=O)[O-])n2)s1. The van der Waals surface area contributed by atoms with Gasteiger partial charge in [-0.25, -0.2) is 0 Å². The van der Waals surface area contributed by atoms with Crippen LogP contribution in [0.25, 0.3) is 0 Å². The second kappa shape index (κ2) is 5.31. The van der Waals surface area contributed by atoms with E-state index in [-0.39, 0.29) is 18.1 Å². The number of aryl methyl sites for hydroxylation is 2. The first-order chi connectivity index (χ1) is 9.01. The van der Waals surface area contributed by atoms with Gasteiger partial charge in [-0.3, -0.25) is 4.79 Å². The summed E-state index contributed by atoms with van der Waals surface area (Å²) in [6.07, 6.45) is 2.41. The molecule has 0 fully saturated rings. The normalized spacial score (nSPS) is 10.6. The van der Waals surface area contributed by atoms with Crippen molar-refractivity contribution in [1.82, 2.24) is 9.78 Å². The summed E-state index contributed by atoms with van der Waals surface area (Å²) in [5.74, 6) is -0.282. The number of hydrogen-bond acceptors (Lipinski definition) is 5. The van der Waals surface area contributed by atoms with E-state index in [0.717, 1.165) is 11.3 Å². The quantitative estimate of drug-likeness (QED) is 0.479. The Bertz CT molecular complexity index is 630. The Labute approximate surface area is 113 Å². The molecule has 0 saturated heterocycles.